The van der Waals surface area contributed by atoms with E-state index in [-0.39, 0.29) is 4.90 Å². The second kappa shape index (κ2) is 8.39. The molecule has 0 radical (unpaired) electrons. The zero-order chi connectivity index (χ0) is 19.6. The molecule has 0 bridgehead atoms. The van der Waals surface area contributed by atoms with Crippen LogP contribution in [-0.2, 0) is 14.8 Å². The first kappa shape index (κ1) is 19.7. The second-order valence-corrected chi connectivity index (χ2v) is 9.83. The first-order valence-corrected chi connectivity index (χ1v) is 11.8. The van der Waals surface area contributed by atoms with Crippen LogP contribution in [0.15, 0.2) is 59.5 Å². The summed E-state index contributed by atoms with van der Waals surface area (Å²) < 4.78 is 34.8. The van der Waals surface area contributed by atoms with E-state index >= 15 is 0 Å². The zero-order valence-corrected chi connectivity index (χ0v) is 17.6. The Morgan fingerprint density at radius 2 is 1.71 bits per heavy atom. The molecule has 0 N–H and O–H groups in total. The number of anilines is 1. The van der Waals surface area contributed by atoms with Crippen molar-refractivity contribution in [2.75, 3.05) is 43.7 Å². The fourth-order valence-electron chi connectivity index (χ4n) is 3.27. The van der Waals surface area contributed by atoms with Crippen molar-refractivity contribution < 1.29 is 13.2 Å². The van der Waals surface area contributed by atoms with Crippen molar-refractivity contribution in [1.82, 2.24) is 4.90 Å². The Bertz CT molecular complexity index is 1050. The molecule has 1 fully saturated rings. The smallest absolute Gasteiger partial charge is 0.265 e. The molecule has 1 aliphatic rings. The highest BCUT2D eigenvalue weighted by molar-refractivity contribution is 7.93. The maximum absolute atomic E-state index is 13.5. The molecule has 0 unspecified atom stereocenters. The van der Waals surface area contributed by atoms with E-state index in [1.165, 1.54) is 15.6 Å². The summed E-state index contributed by atoms with van der Waals surface area (Å²) in [4.78, 5) is 2.49. The molecule has 2 heterocycles. The SMILES string of the molecule is O=S(=O)(c1ccccc1)N(CCN1CCOCC1)c1sc2ccccc2c1Cl. The van der Waals surface area contributed by atoms with Gasteiger partial charge in [0.25, 0.3) is 10.0 Å². The second-order valence-electron chi connectivity index (χ2n) is 6.56. The van der Waals surface area contributed by atoms with E-state index in [4.69, 9.17) is 16.3 Å². The van der Waals surface area contributed by atoms with Crippen LogP contribution in [0.4, 0.5) is 5.00 Å². The van der Waals surface area contributed by atoms with Gasteiger partial charge in [0.15, 0.2) is 0 Å². The summed E-state index contributed by atoms with van der Waals surface area (Å²) in [5.41, 5.74) is 0. The van der Waals surface area contributed by atoms with E-state index in [9.17, 15) is 8.42 Å². The van der Waals surface area contributed by atoms with E-state index in [0.29, 0.717) is 36.3 Å². The number of morpholine rings is 1. The van der Waals surface area contributed by atoms with E-state index in [1.54, 1.807) is 24.3 Å². The van der Waals surface area contributed by atoms with E-state index in [2.05, 4.69) is 4.90 Å². The number of hydrogen-bond acceptors (Lipinski definition) is 5. The minimum absolute atomic E-state index is 0.269. The molecule has 148 valence electrons. The largest absolute Gasteiger partial charge is 0.379 e. The van der Waals surface area contributed by atoms with E-state index < -0.39 is 10.0 Å². The molecule has 1 aliphatic heterocycles. The number of rotatable bonds is 6. The average molecular weight is 437 g/mol. The van der Waals surface area contributed by atoms with Gasteiger partial charge in [-0.15, -0.1) is 11.3 Å². The van der Waals surface area contributed by atoms with Crippen LogP contribution >= 0.6 is 22.9 Å². The number of thiophene rings is 1. The lowest BCUT2D eigenvalue weighted by Gasteiger charge is -2.30. The van der Waals surface area contributed by atoms with Gasteiger partial charge in [-0.2, -0.15) is 0 Å². The molecule has 1 saturated heterocycles. The van der Waals surface area contributed by atoms with Crippen LogP contribution in [0.5, 0.6) is 0 Å². The van der Waals surface area contributed by atoms with Gasteiger partial charge in [0.05, 0.1) is 23.1 Å². The molecule has 0 aliphatic carbocycles. The highest BCUT2D eigenvalue weighted by Crippen LogP contribution is 2.43. The number of benzene rings is 2. The predicted octanol–water partition coefficient (Wildman–Crippen LogP) is 4.08. The van der Waals surface area contributed by atoms with Gasteiger partial charge < -0.3 is 4.74 Å². The molecule has 3 aromatic rings. The monoisotopic (exact) mass is 436 g/mol. The first-order valence-electron chi connectivity index (χ1n) is 9.12. The number of halogens is 1. The fourth-order valence-corrected chi connectivity index (χ4v) is 6.58. The summed E-state index contributed by atoms with van der Waals surface area (Å²) in [5, 5.41) is 1.94. The summed E-state index contributed by atoms with van der Waals surface area (Å²) >= 11 is 8.05. The molecule has 8 heteroatoms. The molecule has 4 rings (SSSR count). The van der Waals surface area contributed by atoms with E-state index in [0.717, 1.165) is 23.2 Å². The number of sulfonamides is 1. The molecule has 0 spiro atoms. The first-order chi connectivity index (χ1) is 13.6. The highest BCUT2D eigenvalue weighted by atomic mass is 35.5. The van der Waals surface area contributed by atoms with Gasteiger partial charge in [0.1, 0.15) is 5.00 Å². The molecule has 0 saturated carbocycles. The maximum atomic E-state index is 13.5. The minimum atomic E-state index is -3.72. The lowest BCUT2D eigenvalue weighted by atomic mass is 10.3. The number of hydrogen-bond donors (Lipinski definition) is 0. The fraction of sp³-hybridized carbons (Fsp3) is 0.300. The van der Waals surface area contributed by atoms with E-state index in [1.807, 2.05) is 30.3 Å². The lowest BCUT2D eigenvalue weighted by Crippen LogP contribution is -2.43. The van der Waals surface area contributed by atoms with Gasteiger partial charge in [0.2, 0.25) is 0 Å². The van der Waals surface area contributed by atoms with Crippen LogP contribution in [-0.4, -0.2) is 52.7 Å². The zero-order valence-electron chi connectivity index (χ0n) is 15.3. The topological polar surface area (TPSA) is 49.9 Å². The molecule has 0 atom stereocenters. The van der Waals surface area contributed by atoms with Crippen LogP contribution in [0.2, 0.25) is 5.02 Å². The Morgan fingerprint density at radius 3 is 2.43 bits per heavy atom. The molecule has 0 amide bonds. The molecule has 28 heavy (non-hydrogen) atoms. The van der Waals surface area contributed by atoms with Crippen LogP contribution in [0.1, 0.15) is 0 Å². The van der Waals surface area contributed by atoms with Crippen molar-refractivity contribution in [3.05, 3.63) is 59.6 Å². The Balaban J connectivity index is 1.73. The molecule has 5 nitrogen and oxygen atoms in total. The molecule has 1 aromatic heterocycles. The maximum Gasteiger partial charge on any atom is 0.265 e. The Morgan fingerprint density at radius 1 is 1.04 bits per heavy atom. The summed E-state index contributed by atoms with van der Waals surface area (Å²) in [6, 6.07) is 16.3. The molecule has 2 aromatic carbocycles. The van der Waals surface area contributed by atoms with Gasteiger partial charge in [-0.25, -0.2) is 8.42 Å². The number of ether oxygens (including phenoxy) is 1. The Hall–Kier alpha value is -1.64. The van der Waals surface area contributed by atoms with Gasteiger partial charge >= 0.3 is 0 Å². The number of fused-ring (bicyclic) bond motifs is 1. The number of nitrogens with zero attached hydrogens (tertiary/aromatic N) is 2. The predicted molar refractivity (Wildman–Crippen MR) is 115 cm³/mol. The average Bonchev–Trinajstić information content (AvgIpc) is 3.06. The van der Waals surface area contributed by atoms with Crippen LogP contribution in [0, 0.1) is 0 Å². The van der Waals surface area contributed by atoms with Gasteiger partial charge in [-0.3, -0.25) is 9.21 Å². The van der Waals surface area contributed by atoms with Crippen molar-refractivity contribution in [2.24, 2.45) is 0 Å². The standard InChI is InChI=1S/C20H21ClN2O3S2/c21-19-17-8-4-5-9-18(17)27-20(19)23(11-10-22-12-14-26-15-13-22)28(24,25)16-6-2-1-3-7-16/h1-9H,10-15H2. The Labute approximate surface area is 174 Å². The van der Waals surface area contributed by atoms with Crippen LogP contribution in [0.25, 0.3) is 10.1 Å². The third-order valence-corrected chi connectivity index (χ3v) is 8.42. The van der Waals surface area contributed by atoms with Crippen molar-refractivity contribution in [3.63, 3.8) is 0 Å². The van der Waals surface area contributed by atoms with Crippen LogP contribution < -0.4 is 4.31 Å². The normalized spacial score (nSPS) is 15.8. The third kappa shape index (κ3) is 3.90. The lowest BCUT2D eigenvalue weighted by molar-refractivity contribution is 0.0395. The Kier molecular flexibility index (Phi) is 5.89. The van der Waals surface area contributed by atoms with Gasteiger partial charge in [-0.1, -0.05) is 48.0 Å². The summed E-state index contributed by atoms with van der Waals surface area (Å²) in [6.07, 6.45) is 0. The quantitative estimate of drug-likeness (QED) is 0.584. The highest BCUT2D eigenvalue weighted by Gasteiger charge is 2.29. The van der Waals surface area contributed by atoms with Crippen molar-refractivity contribution >= 4 is 48.0 Å². The van der Waals surface area contributed by atoms with Crippen molar-refractivity contribution in [3.8, 4) is 0 Å². The van der Waals surface area contributed by atoms with Gasteiger partial charge in [0, 0.05) is 36.3 Å². The van der Waals surface area contributed by atoms with Gasteiger partial charge in [-0.05, 0) is 18.2 Å². The van der Waals surface area contributed by atoms with Crippen molar-refractivity contribution in [2.45, 2.75) is 4.90 Å². The summed E-state index contributed by atoms with van der Waals surface area (Å²) in [6.45, 7) is 3.92. The minimum Gasteiger partial charge on any atom is -0.379 e. The van der Waals surface area contributed by atoms with Crippen molar-refractivity contribution in [1.29, 1.82) is 0 Å². The summed E-state index contributed by atoms with van der Waals surface area (Å²) in [5.74, 6) is 0. The van der Waals surface area contributed by atoms with Crippen LogP contribution in [0.3, 0.4) is 0 Å². The molecular weight excluding hydrogens is 416 g/mol. The third-order valence-electron chi connectivity index (χ3n) is 4.80. The molecular formula is C20H21ClN2O3S2. The summed E-state index contributed by atoms with van der Waals surface area (Å²) in [7, 11) is -3.72.